The number of hydrogen-bond acceptors (Lipinski definition) is 2. The van der Waals surface area contributed by atoms with E-state index in [0.29, 0.717) is 0 Å². The highest BCUT2D eigenvalue weighted by molar-refractivity contribution is 4.84. The van der Waals surface area contributed by atoms with Crippen molar-refractivity contribution in [2.45, 2.75) is 11.8 Å². The SMILES string of the molecule is NCC(F)(F)C(F)(F)CO. The van der Waals surface area contributed by atoms with Crippen molar-refractivity contribution in [3.63, 3.8) is 0 Å². The highest BCUT2D eigenvalue weighted by atomic mass is 19.3. The minimum absolute atomic E-state index is 1.47. The van der Waals surface area contributed by atoms with Crippen LogP contribution in [0.3, 0.4) is 0 Å². The number of alkyl halides is 4. The second kappa shape index (κ2) is 2.71. The van der Waals surface area contributed by atoms with Gasteiger partial charge in [-0.05, 0) is 0 Å². The average molecular weight is 161 g/mol. The molecule has 0 saturated carbocycles. The molecular formula is C4H7F4NO. The molecule has 0 radical (unpaired) electrons. The standard InChI is InChI=1S/C4H7F4NO/c5-3(6,1-9)4(7,8)2-10/h10H,1-2,9H2. The van der Waals surface area contributed by atoms with Gasteiger partial charge in [-0.1, -0.05) is 0 Å². The molecule has 0 fully saturated rings. The fraction of sp³-hybridized carbons (Fsp3) is 1.00. The lowest BCUT2D eigenvalue weighted by Gasteiger charge is -2.22. The second-order valence-corrected chi connectivity index (χ2v) is 1.77. The molecule has 0 saturated heterocycles. The molecule has 10 heavy (non-hydrogen) atoms. The Hall–Kier alpha value is -0.360. The lowest BCUT2D eigenvalue weighted by Crippen LogP contribution is -2.48. The predicted octanol–water partition coefficient (Wildman–Crippen LogP) is 0.208. The van der Waals surface area contributed by atoms with Gasteiger partial charge in [0.25, 0.3) is 0 Å². The van der Waals surface area contributed by atoms with Crippen LogP contribution in [0.4, 0.5) is 17.6 Å². The van der Waals surface area contributed by atoms with E-state index in [2.05, 4.69) is 5.73 Å². The summed E-state index contributed by atoms with van der Waals surface area (Å²) in [6, 6.07) is 0. The fourth-order valence-electron chi connectivity index (χ4n) is 0.265. The molecule has 0 bridgehead atoms. The molecule has 0 aromatic rings. The third kappa shape index (κ3) is 1.57. The molecule has 0 amide bonds. The zero-order valence-corrected chi connectivity index (χ0v) is 4.95. The van der Waals surface area contributed by atoms with Crippen LogP contribution in [0.25, 0.3) is 0 Å². The number of nitrogens with two attached hydrogens (primary N) is 1. The molecule has 0 aliphatic carbocycles. The van der Waals surface area contributed by atoms with Crippen molar-refractivity contribution in [1.29, 1.82) is 0 Å². The van der Waals surface area contributed by atoms with Crippen molar-refractivity contribution in [2.75, 3.05) is 13.2 Å². The quantitative estimate of drug-likeness (QED) is 0.581. The fourth-order valence-corrected chi connectivity index (χ4v) is 0.265. The molecule has 2 nitrogen and oxygen atoms in total. The maximum absolute atomic E-state index is 11.9. The van der Waals surface area contributed by atoms with Crippen molar-refractivity contribution in [1.82, 2.24) is 0 Å². The maximum atomic E-state index is 11.9. The van der Waals surface area contributed by atoms with Gasteiger partial charge in [0.2, 0.25) is 0 Å². The number of aliphatic hydroxyl groups is 1. The lowest BCUT2D eigenvalue weighted by molar-refractivity contribution is -0.219. The Labute approximate surface area is 54.6 Å². The molecule has 6 heteroatoms. The van der Waals surface area contributed by atoms with Crippen LogP contribution in [0.15, 0.2) is 0 Å². The van der Waals surface area contributed by atoms with Crippen molar-refractivity contribution in [3.8, 4) is 0 Å². The summed E-state index contributed by atoms with van der Waals surface area (Å²) >= 11 is 0. The van der Waals surface area contributed by atoms with Gasteiger partial charge in [-0.3, -0.25) is 0 Å². The van der Waals surface area contributed by atoms with Gasteiger partial charge in [0.05, 0.1) is 6.54 Å². The Morgan fingerprint density at radius 2 is 1.50 bits per heavy atom. The van der Waals surface area contributed by atoms with Gasteiger partial charge in [-0.15, -0.1) is 0 Å². The van der Waals surface area contributed by atoms with Gasteiger partial charge in [-0.25, -0.2) is 0 Å². The minimum Gasteiger partial charge on any atom is -0.390 e. The molecule has 0 unspecified atom stereocenters. The van der Waals surface area contributed by atoms with Gasteiger partial charge in [0.1, 0.15) is 6.61 Å². The summed E-state index contributed by atoms with van der Waals surface area (Å²) in [4.78, 5) is 0. The summed E-state index contributed by atoms with van der Waals surface area (Å²) < 4.78 is 47.5. The van der Waals surface area contributed by atoms with Crippen LogP contribution in [0.1, 0.15) is 0 Å². The molecular weight excluding hydrogens is 154 g/mol. The normalized spacial score (nSPS) is 13.8. The van der Waals surface area contributed by atoms with E-state index >= 15 is 0 Å². The van der Waals surface area contributed by atoms with Gasteiger partial charge in [-0.2, -0.15) is 17.6 Å². The first-order chi connectivity index (χ1) is 4.37. The lowest BCUT2D eigenvalue weighted by atomic mass is 10.2. The van der Waals surface area contributed by atoms with E-state index in [4.69, 9.17) is 5.11 Å². The summed E-state index contributed by atoms with van der Waals surface area (Å²) in [5, 5.41) is 7.78. The monoisotopic (exact) mass is 161 g/mol. The third-order valence-corrected chi connectivity index (χ3v) is 0.990. The highest BCUT2D eigenvalue weighted by Crippen LogP contribution is 2.32. The van der Waals surface area contributed by atoms with E-state index < -0.39 is 25.0 Å². The molecule has 0 heterocycles. The molecule has 0 aromatic carbocycles. The van der Waals surface area contributed by atoms with Gasteiger partial charge in [0.15, 0.2) is 0 Å². The molecule has 0 rings (SSSR count). The topological polar surface area (TPSA) is 46.2 Å². The summed E-state index contributed by atoms with van der Waals surface area (Å²) in [5.74, 6) is -8.73. The summed E-state index contributed by atoms with van der Waals surface area (Å²) in [7, 11) is 0. The van der Waals surface area contributed by atoms with Crippen LogP contribution in [-0.2, 0) is 0 Å². The van der Waals surface area contributed by atoms with Crippen molar-refractivity contribution in [3.05, 3.63) is 0 Å². The largest absolute Gasteiger partial charge is 0.390 e. The number of hydrogen-bond donors (Lipinski definition) is 2. The average Bonchev–Trinajstić information content (AvgIpc) is 1.88. The summed E-state index contributed by atoms with van der Waals surface area (Å²) in [6.45, 7) is -3.36. The van der Waals surface area contributed by atoms with Gasteiger partial charge in [0, 0.05) is 0 Å². The van der Waals surface area contributed by atoms with Crippen LogP contribution in [0, 0.1) is 0 Å². The Morgan fingerprint density at radius 1 is 1.10 bits per heavy atom. The first-order valence-electron chi connectivity index (χ1n) is 2.44. The minimum atomic E-state index is -4.41. The Balaban J connectivity index is 4.28. The molecule has 3 N–H and O–H groups in total. The third-order valence-electron chi connectivity index (χ3n) is 0.990. The molecule has 0 aliphatic rings. The Morgan fingerprint density at radius 3 is 1.60 bits per heavy atom. The molecule has 0 atom stereocenters. The zero-order chi connectivity index (χ0) is 8.41. The number of aliphatic hydroxyl groups excluding tert-OH is 1. The predicted molar refractivity (Wildman–Crippen MR) is 26.0 cm³/mol. The van der Waals surface area contributed by atoms with E-state index in [1.807, 2.05) is 0 Å². The van der Waals surface area contributed by atoms with E-state index in [0.717, 1.165) is 0 Å². The van der Waals surface area contributed by atoms with Crippen LogP contribution < -0.4 is 5.73 Å². The van der Waals surface area contributed by atoms with Crippen LogP contribution in [0.2, 0.25) is 0 Å². The van der Waals surface area contributed by atoms with E-state index in [-0.39, 0.29) is 0 Å². The summed E-state index contributed by atoms with van der Waals surface area (Å²) in [6.07, 6.45) is 0. The molecule has 62 valence electrons. The molecule has 0 spiro atoms. The maximum Gasteiger partial charge on any atom is 0.333 e. The molecule has 0 aromatic heterocycles. The smallest absolute Gasteiger partial charge is 0.333 e. The van der Waals surface area contributed by atoms with Crippen molar-refractivity contribution in [2.24, 2.45) is 5.73 Å². The van der Waals surface area contributed by atoms with Crippen LogP contribution >= 0.6 is 0 Å². The van der Waals surface area contributed by atoms with Gasteiger partial charge >= 0.3 is 11.8 Å². The van der Waals surface area contributed by atoms with Crippen molar-refractivity contribution >= 4 is 0 Å². The van der Waals surface area contributed by atoms with Crippen LogP contribution in [0.5, 0.6) is 0 Å². The summed E-state index contributed by atoms with van der Waals surface area (Å²) in [5.41, 5.74) is 4.33. The van der Waals surface area contributed by atoms with E-state index in [1.165, 1.54) is 0 Å². The Bertz CT molecular complexity index is 102. The van der Waals surface area contributed by atoms with Crippen molar-refractivity contribution < 1.29 is 22.7 Å². The first kappa shape index (κ1) is 9.64. The highest BCUT2D eigenvalue weighted by Gasteiger charge is 2.54. The second-order valence-electron chi connectivity index (χ2n) is 1.77. The molecule has 0 aliphatic heterocycles. The van der Waals surface area contributed by atoms with Gasteiger partial charge < -0.3 is 10.8 Å². The van der Waals surface area contributed by atoms with E-state index in [1.54, 1.807) is 0 Å². The van der Waals surface area contributed by atoms with E-state index in [9.17, 15) is 17.6 Å². The first-order valence-corrected chi connectivity index (χ1v) is 2.44. The number of rotatable bonds is 3. The van der Waals surface area contributed by atoms with Crippen LogP contribution in [-0.4, -0.2) is 30.1 Å². The number of halogens is 4. The zero-order valence-electron chi connectivity index (χ0n) is 4.95. The Kier molecular flexibility index (Phi) is 2.61.